The summed E-state index contributed by atoms with van der Waals surface area (Å²) in [4.78, 5) is 4.42. The van der Waals surface area contributed by atoms with Gasteiger partial charge in [-0.25, -0.2) is 4.98 Å². The van der Waals surface area contributed by atoms with E-state index < -0.39 is 0 Å². The van der Waals surface area contributed by atoms with Crippen LogP contribution in [0.5, 0.6) is 5.75 Å². The van der Waals surface area contributed by atoms with E-state index in [1.165, 1.54) is 11.8 Å². The summed E-state index contributed by atoms with van der Waals surface area (Å²) >= 11 is 7.43. The van der Waals surface area contributed by atoms with Crippen LogP contribution in [0, 0.1) is 0 Å². The van der Waals surface area contributed by atoms with Crippen LogP contribution in [0.3, 0.4) is 0 Å². The number of hydrogen-bond acceptors (Lipinski definition) is 6. The van der Waals surface area contributed by atoms with Crippen LogP contribution in [0.15, 0.2) is 70.5 Å². The van der Waals surface area contributed by atoms with Crippen LogP contribution < -0.4 is 4.74 Å². The summed E-state index contributed by atoms with van der Waals surface area (Å²) in [6.45, 7) is 0. The number of imidazole rings is 1. The molecular formula is C19H15ClN4O2S. The molecule has 0 bridgehead atoms. The van der Waals surface area contributed by atoms with Gasteiger partial charge in [-0.05, 0) is 36.4 Å². The molecule has 0 fully saturated rings. The Morgan fingerprint density at radius 3 is 2.81 bits per heavy atom. The average Bonchev–Trinajstić information content (AvgIpc) is 3.36. The van der Waals surface area contributed by atoms with Gasteiger partial charge < -0.3 is 9.15 Å². The van der Waals surface area contributed by atoms with E-state index in [1.807, 2.05) is 47.2 Å². The molecule has 8 heteroatoms. The van der Waals surface area contributed by atoms with Gasteiger partial charge in [0.1, 0.15) is 5.75 Å². The monoisotopic (exact) mass is 398 g/mol. The first-order chi connectivity index (χ1) is 13.2. The second kappa shape index (κ2) is 7.85. The Morgan fingerprint density at radius 2 is 2.00 bits per heavy atom. The van der Waals surface area contributed by atoms with Crippen LogP contribution in [0.2, 0.25) is 5.02 Å². The molecule has 0 aliphatic heterocycles. The van der Waals surface area contributed by atoms with Crippen LogP contribution in [0.25, 0.3) is 17.1 Å². The van der Waals surface area contributed by atoms with E-state index >= 15 is 0 Å². The second-order valence-electron chi connectivity index (χ2n) is 5.58. The second-order valence-corrected chi connectivity index (χ2v) is 6.96. The van der Waals surface area contributed by atoms with E-state index in [0.717, 1.165) is 22.2 Å². The van der Waals surface area contributed by atoms with Gasteiger partial charge in [-0.2, -0.15) is 0 Å². The van der Waals surface area contributed by atoms with Crippen molar-refractivity contribution in [2.45, 2.75) is 10.9 Å². The van der Waals surface area contributed by atoms with E-state index in [1.54, 1.807) is 25.4 Å². The number of thioether (sulfide) groups is 1. The van der Waals surface area contributed by atoms with Crippen molar-refractivity contribution < 1.29 is 9.15 Å². The van der Waals surface area contributed by atoms with Crippen LogP contribution in [0.4, 0.5) is 0 Å². The van der Waals surface area contributed by atoms with Crippen molar-refractivity contribution in [3.63, 3.8) is 0 Å². The summed E-state index contributed by atoms with van der Waals surface area (Å²) in [6.07, 6.45) is 3.67. The first kappa shape index (κ1) is 17.6. The molecule has 4 rings (SSSR count). The van der Waals surface area contributed by atoms with E-state index in [9.17, 15) is 0 Å². The molecular weight excluding hydrogens is 384 g/mol. The normalized spacial score (nSPS) is 10.9. The van der Waals surface area contributed by atoms with Crippen molar-refractivity contribution in [3.05, 3.63) is 71.8 Å². The number of rotatable bonds is 6. The maximum absolute atomic E-state index is 5.91. The summed E-state index contributed by atoms with van der Waals surface area (Å²) in [5, 5.41) is 9.71. The zero-order valence-electron chi connectivity index (χ0n) is 14.4. The molecule has 2 aromatic carbocycles. The van der Waals surface area contributed by atoms with Gasteiger partial charge in [0.25, 0.3) is 0 Å². The predicted octanol–water partition coefficient (Wildman–Crippen LogP) is 4.88. The third-order valence-electron chi connectivity index (χ3n) is 3.82. The number of methoxy groups -OCH3 is 1. The van der Waals surface area contributed by atoms with Crippen molar-refractivity contribution in [1.29, 1.82) is 0 Å². The topological polar surface area (TPSA) is 66.0 Å². The molecule has 0 saturated heterocycles. The van der Waals surface area contributed by atoms with E-state index in [4.69, 9.17) is 20.8 Å². The maximum atomic E-state index is 5.91. The lowest BCUT2D eigenvalue weighted by Crippen LogP contribution is -1.96. The zero-order chi connectivity index (χ0) is 18.6. The van der Waals surface area contributed by atoms with Crippen molar-refractivity contribution in [3.8, 4) is 22.9 Å². The fraction of sp³-hybridized carbons (Fsp3) is 0.105. The van der Waals surface area contributed by atoms with Gasteiger partial charge in [-0.3, -0.25) is 4.57 Å². The number of ether oxygens (including phenoxy) is 1. The molecule has 136 valence electrons. The summed E-state index contributed by atoms with van der Waals surface area (Å²) < 4.78 is 13.0. The van der Waals surface area contributed by atoms with E-state index in [-0.39, 0.29) is 0 Å². The molecule has 0 amide bonds. The highest BCUT2D eigenvalue weighted by atomic mass is 35.5. The van der Waals surface area contributed by atoms with Crippen molar-refractivity contribution in [2.75, 3.05) is 7.11 Å². The van der Waals surface area contributed by atoms with Crippen LogP contribution in [-0.4, -0.2) is 26.9 Å². The summed E-state index contributed by atoms with van der Waals surface area (Å²) in [6, 6.07) is 15.1. The molecule has 2 heterocycles. The Balaban J connectivity index is 1.49. The molecule has 2 aromatic heterocycles. The molecule has 4 aromatic rings. The van der Waals surface area contributed by atoms with E-state index in [0.29, 0.717) is 22.6 Å². The number of halogens is 1. The largest absolute Gasteiger partial charge is 0.497 e. The molecule has 0 unspecified atom stereocenters. The highest BCUT2D eigenvalue weighted by molar-refractivity contribution is 7.98. The van der Waals surface area contributed by atoms with Gasteiger partial charge in [0, 0.05) is 29.0 Å². The molecule has 0 aliphatic carbocycles. The zero-order valence-corrected chi connectivity index (χ0v) is 15.9. The minimum Gasteiger partial charge on any atom is -0.497 e. The Labute approximate surface area is 165 Å². The third kappa shape index (κ3) is 3.99. The molecule has 0 radical (unpaired) electrons. The summed E-state index contributed by atoms with van der Waals surface area (Å²) in [5.41, 5.74) is 1.81. The van der Waals surface area contributed by atoms with Crippen LogP contribution in [-0.2, 0) is 5.75 Å². The molecule has 27 heavy (non-hydrogen) atoms. The van der Waals surface area contributed by atoms with Gasteiger partial charge in [-0.1, -0.05) is 29.4 Å². The van der Waals surface area contributed by atoms with Crippen LogP contribution in [0.1, 0.15) is 5.89 Å². The highest BCUT2D eigenvalue weighted by Gasteiger charge is 2.12. The lowest BCUT2D eigenvalue weighted by atomic mass is 10.2. The van der Waals surface area contributed by atoms with Gasteiger partial charge >= 0.3 is 0 Å². The average molecular weight is 399 g/mol. The number of hydrogen-bond donors (Lipinski definition) is 0. The Morgan fingerprint density at radius 1 is 1.15 bits per heavy atom. The van der Waals surface area contributed by atoms with Crippen molar-refractivity contribution >= 4 is 23.4 Å². The number of nitrogens with zero attached hydrogens (tertiary/aromatic N) is 4. The molecule has 6 nitrogen and oxygen atoms in total. The van der Waals surface area contributed by atoms with E-state index in [2.05, 4.69) is 15.2 Å². The predicted molar refractivity (Wildman–Crippen MR) is 104 cm³/mol. The third-order valence-corrected chi connectivity index (χ3v) is 5.02. The molecule has 0 aliphatic rings. The standard InChI is InChI=1S/C19H15ClN4O2S/c1-25-16-4-2-3-15(11-16)24-10-9-21-19(24)27-12-17-22-23-18(26-17)13-5-7-14(20)8-6-13/h2-11H,12H2,1H3. The number of aromatic nitrogens is 4. The Bertz CT molecular complexity index is 1050. The Hall–Kier alpha value is -2.77. The minimum atomic E-state index is 0.471. The summed E-state index contributed by atoms with van der Waals surface area (Å²) in [5.74, 6) is 2.31. The maximum Gasteiger partial charge on any atom is 0.247 e. The Kier molecular flexibility index (Phi) is 5.13. The van der Waals surface area contributed by atoms with Crippen LogP contribution >= 0.6 is 23.4 Å². The van der Waals surface area contributed by atoms with Gasteiger partial charge in [0.2, 0.25) is 11.8 Å². The first-order valence-electron chi connectivity index (χ1n) is 8.12. The molecule has 0 atom stereocenters. The minimum absolute atomic E-state index is 0.471. The van der Waals surface area contributed by atoms with Gasteiger partial charge in [-0.15, -0.1) is 10.2 Å². The first-order valence-corrected chi connectivity index (χ1v) is 9.48. The van der Waals surface area contributed by atoms with Gasteiger partial charge in [0.15, 0.2) is 5.16 Å². The quantitative estimate of drug-likeness (QED) is 0.431. The van der Waals surface area contributed by atoms with Crippen molar-refractivity contribution in [2.24, 2.45) is 0 Å². The molecule has 0 N–H and O–H groups in total. The lowest BCUT2D eigenvalue weighted by molar-refractivity contribution is 0.414. The smallest absolute Gasteiger partial charge is 0.247 e. The van der Waals surface area contributed by atoms with Crippen molar-refractivity contribution in [1.82, 2.24) is 19.7 Å². The fourth-order valence-corrected chi connectivity index (χ4v) is 3.44. The fourth-order valence-electron chi connectivity index (χ4n) is 2.50. The highest BCUT2D eigenvalue weighted by Crippen LogP contribution is 2.27. The lowest BCUT2D eigenvalue weighted by Gasteiger charge is -2.08. The SMILES string of the molecule is COc1cccc(-n2ccnc2SCc2nnc(-c3ccc(Cl)cc3)o2)c1. The number of benzene rings is 2. The molecule has 0 saturated carbocycles. The van der Waals surface area contributed by atoms with Gasteiger partial charge in [0.05, 0.1) is 18.6 Å². The molecule has 0 spiro atoms. The summed E-state index contributed by atoms with van der Waals surface area (Å²) in [7, 11) is 1.65.